The molecule has 2 aromatic carbocycles. The van der Waals surface area contributed by atoms with Gasteiger partial charge in [-0.15, -0.1) is 0 Å². The van der Waals surface area contributed by atoms with Crippen LogP contribution in [0.3, 0.4) is 0 Å². The minimum atomic E-state index is -5.12. The van der Waals surface area contributed by atoms with E-state index in [-0.39, 0.29) is 38.2 Å². The highest BCUT2D eigenvalue weighted by molar-refractivity contribution is 6.43. The molecule has 0 radical (unpaired) electrons. The topological polar surface area (TPSA) is 88.6 Å². The van der Waals surface area contributed by atoms with Crippen molar-refractivity contribution in [2.24, 2.45) is 0 Å². The van der Waals surface area contributed by atoms with E-state index >= 15 is 0 Å². The minimum Gasteiger partial charge on any atom is -0.465 e. The normalized spacial score (nSPS) is 14.2. The molecule has 2 unspecified atom stereocenters. The van der Waals surface area contributed by atoms with Gasteiger partial charge in [-0.05, 0) is 48.9 Å². The van der Waals surface area contributed by atoms with Crippen LogP contribution < -0.4 is 10.3 Å². The van der Waals surface area contributed by atoms with Crippen LogP contribution in [0.4, 0.5) is 13.2 Å². The summed E-state index contributed by atoms with van der Waals surface area (Å²) >= 11 is 12.6. The van der Waals surface area contributed by atoms with Crippen LogP contribution in [0.15, 0.2) is 53.5 Å². The molecule has 1 heterocycles. The lowest BCUT2D eigenvalue weighted by Crippen LogP contribution is -2.47. The summed E-state index contributed by atoms with van der Waals surface area (Å²) in [5, 5.41) is 10.5. The number of alkyl halides is 3. The first kappa shape index (κ1) is 26.6. The number of aromatic amines is 1. The van der Waals surface area contributed by atoms with Gasteiger partial charge in [-0.2, -0.15) is 13.2 Å². The molecule has 0 spiro atoms. The van der Waals surface area contributed by atoms with Crippen LogP contribution in [-0.2, 0) is 10.3 Å². The maximum absolute atomic E-state index is 14.2. The van der Waals surface area contributed by atoms with E-state index in [1.54, 1.807) is 0 Å². The Bertz CT molecular complexity index is 1310. The molecule has 3 rings (SSSR count). The van der Waals surface area contributed by atoms with Gasteiger partial charge in [0.25, 0.3) is 5.56 Å². The Hall–Kier alpha value is -3.01. The lowest BCUT2D eigenvalue weighted by Gasteiger charge is -2.37. The number of hydrogen-bond donors (Lipinski definition) is 2. The summed E-state index contributed by atoms with van der Waals surface area (Å²) in [6, 6.07) is 9.45. The van der Waals surface area contributed by atoms with Gasteiger partial charge in [0.2, 0.25) is 0 Å². The Balaban J connectivity index is 1.99. The van der Waals surface area contributed by atoms with Gasteiger partial charge in [-0.25, -0.2) is 4.79 Å². The summed E-state index contributed by atoms with van der Waals surface area (Å²) in [4.78, 5) is 25.4. The Morgan fingerprint density at radius 1 is 1.09 bits per heavy atom. The van der Waals surface area contributed by atoms with Crippen LogP contribution in [0.5, 0.6) is 11.5 Å². The van der Waals surface area contributed by atoms with Crippen molar-refractivity contribution in [2.45, 2.75) is 31.5 Å². The standard InChI is InChI=1S/C24H20Cl2F3NO5/c1-12-10-15(11-30-21(12)31)23(33,24(27,28)29)13(2)17-8-9-18(20(26)19(17)25)35-16-6-4-14(5-7-16)22(32)34-3/h4-11,13,33H,1-3H3,(H,30,31). The van der Waals surface area contributed by atoms with Gasteiger partial charge in [0.1, 0.15) is 16.5 Å². The van der Waals surface area contributed by atoms with Gasteiger partial charge in [0, 0.05) is 23.2 Å². The van der Waals surface area contributed by atoms with Crippen molar-refractivity contribution in [3.05, 3.63) is 91.3 Å². The van der Waals surface area contributed by atoms with Gasteiger partial charge in [0.05, 0.1) is 17.7 Å². The molecule has 6 nitrogen and oxygen atoms in total. The van der Waals surface area contributed by atoms with E-state index in [9.17, 15) is 27.9 Å². The zero-order valence-electron chi connectivity index (χ0n) is 18.7. The fourth-order valence-electron chi connectivity index (χ4n) is 3.57. The molecule has 0 aliphatic heterocycles. The van der Waals surface area contributed by atoms with Gasteiger partial charge < -0.3 is 19.6 Å². The number of rotatable bonds is 6. The Kier molecular flexibility index (Phi) is 7.54. The Labute approximate surface area is 208 Å². The van der Waals surface area contributed by atoms with Crippen molar-refractivity contribution in [1.82, 2.24) is 4.98 Å². The Morgan fingerprint density at radius 2 is 1.71 bits per heavy atom. The third-order valence-corrected chi connectivity index (χ3v) is 6.51. The van der Waals surface area contributed by atoms with E-state index in [1.807, 2.05) is 0 Å². The van der Waals surface area contributed by atoms with Crippen LogP contribution >= 0.6 is 23.2 Å². The molecule has 0 aliphatic carbocycles. The highest BCUT2D eigenvalue weighted by Crippen LogP contribution is 2.51. The number of methoxy groups -OCH3 is 1. The fraction of sp³-hybridized carbons (Fsp3) is 0.250. The van der Waals surface area contributed by atoms with E-state index < -0.39 is 34.8 Å². The number of carbonyl (C=O) groups excluding carboxylic acids is 1. The second-order valence-corrected chi connectivity index (χ2v) is 8.54. The summed E-state index contributed by atoms with van der Waals surface area (Å²) in [5.41, 5.74) is -4.31. The molecular formula is C24H20Cl2F3NO5. The number of benzene rings is 2. The molecule has 0 aliphatic rings. The number of ether oxygens (including phenoxy) is 2. The number of pyridine rings is 1. The van der Waals surface area contributed by atoms with Gasteiger partial charge in [0.15, 0.2) is 5.60 Å². The lowest BCUT2D eigenvalue weighted by molar-refractivity contribution is -0.274. The van der Waals surface area contributed by atoms with Gasteiger partial charge in [-0.1, -0.05) is 36.2 Å². The first-order valence-corrected chi connectivity index (χ1v) is 10.9. The molecule has 2 atom stereocenters. The number of nitrogens with one attached hydrogen (secondary N) is 1. The third kappa shape index (κ3) is 5.03. The number of carbonyl (C=O) groups is 1. The maximum atomic E-state index is 14.2. The Morgan fingerprint density at radius 3 is 2.26 bits per heavy atom. The monoisotopic (exact) mass is 529 g/mol. The van der Waals surface area contributed by atoms with Crippen molar-refractivity contribution in [2.75, 3.05) is 7.11 Å². The predicted octanol–water partition coefficient (Wildman–Crippen LogP) is 6.12. The van der Waals surface area contributed by atoms with Crippen LogP contribution in [-0.4, -0.2) is 29.3 Å². The van der Waals surface area contributed by atoms with Crippen molar-refractivity contribution >= 4 is 29.2 Å². The van der Waals surface area contributed by atoms with E-state index in [0.717, 1.165) is 19.2 Å². The molecule has 0 amide bonds. The fourth-order valence-corrected chi connectivity index (χ4v) is 4.10. The second-order valence-electron chi connectivity index (χ2n) is 7.79. The molecule has 0 bridgehead atoms. The number of H-pyrrole nitrogens is 1. The molecule has 11 heteroatoms. The van der Waals surface area contributed by atoms with Crippen molar-refractivity contribution < 1.29 is 32.5 Å². The van der Waals surface area contributed by atoms with Crippen LogP contribution in [0.1, 0.15) is 39.9 Å². The SMILES string of the molecule is COC(=O)c1ccc(Oc2ccc(C(C)C(O)(c3c[nH]c(=O)c(C)c3)C(F)(F)F)c(Cl)c2Cl)cc1. The molecule has 35 heavy (non-hydrogen) atoms. The van der Waals surface area contributed by atoms with Crippen molar-refractivity contribution in [1.29, 1.82) is 0 Å². The highest BCUT2D eigenvalue weighted by atomic mass is 35.5. The molecule has 0 fully saturated rings. The summed E-state index contributed by atoms with van der Waals surface area (Å²) < 4.78 is 52.9. The van der Waals surface area contributed by atoms with E-state index in [4.69, 9.17) is 27.9 Å². The largest absolute Gasteiger partial charge is 0.465 e. The summed E-state index contributed by atoms with van der Waals surface area (Å²) in [7, 11) is 1.25. The van der Waals surface area contributed by atoms with E-state index in [1.165, 1.54) is 50.4 Å². The van der Waals surface area contributed by atoms with E-state index in [0.29, 0.717) is 0 Å². The first-order valence-electron chi connectivity index (χ1n) is 10.1. The average Bonchev–Trinajstić information content (AvgIpc) is 2.82. The predicted molar refractivity (Wildman–Crippen MR) is 124 cm³/mol. The second kappa shape index (κ2) is 9.93. The molecule has 1 aromatic heterocycles. The molecule has 186 valence electrons. The summed E-state index contributed by atoms with van der Waals surface area (Å²) in [5.74, 6) is -1.82. The zero-order chi connectivity index (χ0) is 26.1. The maximum Gasteiger partial charge on any atom is 0.422 e. The number of esters is 1. The quantitative estimate of drug-likeness (QED) is 0.375. The lowest BCUT2D eigenvalue weighted by atomic mass is 9.78. The van der Waals surface area contributed by atoms with Crippen molar-refractivity contribution in [3.63, 3.8) is 0 Å². The first-order chi connectivity index (χ1) is 16.3. The smallest absolute Gasteiger partial charge is 0.422 e. The van der Waals surface area contributed by atoms with Crippen LogP contribution in [0.2, 0.25) is 10.0 Å². The van der Waals surface area contributed by atoms with Gasteiger partial charge >= 0.3 is 12.1 Å². The molecular weight excluding hydrogens is 510 g/mol. The molecule has 0 saturated heterocycles. The molecule has 2 N–H and O–H groups in total. The summed E-state index contributed by atoms with van der Waals surface area (Å²) in [6.45, 7) is 2.48. The minimum absolute atomic E-state index is 0.00321. The number of halogens is 5. The van der Waals surface area contributed by atoms with E-state index in [2.05, 4.69) is 9.72 Å². The van der Waals surface area contributed by atoms with Gasteiger partial charge in [-0.3, -0.25) is 4.79 Å². The zero-order valence-corrected chi connectivity index (χ0v) is 20.2. The number of aromatic nitrogens is 1. The highest BCUT2D eigenvalue weighted by Gasteiger charge is 2.59. The summed E-state index contributed by atoms with van der Waals surface area (Å²) in [6.07, 6.45) is -4.30. The third-order valence-electron chi connectivity index (χ3n) is 5.63. The van der Waals surface area contributed by atoms with Crippen LogP contribution in [0.25, 0.3) is 0 Å². The number of hydrogen-bond acceptors (Lipinski definition) is 5. The van der Waals surface area contributed by atoms with Crippen LogP contribution in [0, 0.1) is 6.92 Å². The molecule has 0 saturated carbocycles. The number of aryl methyl sites for hydroxylation is 1. The van der Waals surface area contributed by atoms with Crippen molar-refractivity contribution in [3.8, 4) is 11.5 Å². The average molecular weight is 530 g/mol. The number of aliphatic hydroxyl groups is 1. The molecule has 3 aromatic rings.